The summed E-state index contributed by atoms with van der Waals surface area (Å²) in [5.74, 6) is -0.522. The molecule has 2 aliphatic rings. The van der Waals surface area contributed by atoms with Gasteiger partial charge in [0, 0.05) is 18.2 Å². The Morgan fingerprint density at radius 1 is 1.35 bits per heavy atom. The highest BCUT2D eigenvalue weighted by Crippen LogP contribution is 2.35. The zero-order valence-corrected chi connectivity index (χ0v) is 11.4. The van der Waals surface area contributed by atoms with E-state index < -0.39 is 17.8 Å². The smallest absolute Gasteiger partial charge is 0.241 e. The standard InChI is InChI=1S/C15H18F2N2O/c1-9-15(20)19(7-6-10-2-3-10)14(18-9)12-5-4-11(16)8-13(12)17/h4-5,8-10,14,18H,2-3,6-7H2,1H3. The van der Waals surface area contributed by atoms with Crippen LogP contribution in [0.2, 0.25) is 0 Å². The van der Waals surface area contributed by atoms with Crippen LogP contribution in [0.3, 0.4) is 0 Å². The monoisotopic (exact) mass is 280 g/mol. The summed E-state index contributed by atoms with van der Waals surface area (Å²) in [7, 11) is 0. The Labute approximate surface area is 117 Å². The molecule has 0 radical (unpaired) electrons. The molecule has 1 N–H and O–H groups in total. The first kappa shape index (κ1) is 13.5. The van der Waals surface area contributed by atoms with Gasteiger partial charge in [-0.15, -0.1) is 0 Å². The van der Waals surface area contributed by atoms with Crippen molar-refractivity contribution < 1.29 is 13.6 Å². The van der Waals surface area contributed by atoms with Crippen molar-refractivity contribution in [3.63, 3.8) is 0 Å². The molecule has 1 heterocycles. The summed E-state index contributed by atoms with van der Waals surface area (Å²) in [4.78, 5) is 13.8. The van der Waals surface area contributed by atoms with Gasteiger partial charge in [0.05, 0.1) is 6.04 Å². The molecule has 1 aliphatic heterocycles. The van der Waals surface area contributed by atoms with E-state index in [0.717, 1.165) is 12.5 Å². The number of hydrogen-bond donors (Lipinski definition) is 1. The van der Waals surface area contributed by atoms with Gasteiger partial charge in [-0.2, -0.15) is 0 Å². The fourth-order valence-electron chi connectivity index (χ4n) is 2.72. The van der Waals surface area contributed by atoms with Crippen molar-refractivity contribution in [2.75, 3.05) is 6.54 Å². The van der Waals surface area contributed by atoms with Gasteiger partial charge in [0.2, 0.25) is 5.91 Å². The SMILES string of the molecule is CC1NC(c2ccc(F)cc2F)N(CCC2CC2)C1=O. The average Bonchev–Trinajstić information content (AvgIpc) is 3.17. The number of rotatable bonds is 4. The van der Waals surface area contributed by atoms with Crippen molar-refractivity contribution >= 4 is 5.91 Å². The summed E-state index contributed by atoms with van der Waals surface area (Å²) in [5.41, 5.74) is 0.333. The van der Waals surface area contributed by atoms with Crippen molar-refractivity contribution in [3.05, 3.63) is 35.4 Å². The Balaban J connectivity index is 1.82. The molecular formula is C15H18F2N2O. The number of carbonyl (C=O) groups excluding carboxylic acids is 1. The van der Waals surface area contributed by atoms with Crippen LogP contribution in [0.1, 0.15) is 37.9 Å². The molecule has 0 bridgehead atoms. The van der Waals surface area contributed by atoms with Crippen molar-refractivity contribution in [1.29, 1.82) is 0 Å². The highest BCUT2D eigenvalue weighted by Gasteiger charge is 2.38. The molecule has 0 spiro atoms. The van der Waals surface area contributed by atoms with E-state index in [-0.39, 0.29) is 11.9 Å². The number of hydrogen-bond acceptors (Lipinski definition) is 2. The van der Waals surface area contributed by atoms with Gasteiger partial charge in [0.15, 0.2) is 0 Å². The first-order chi connectivity index (χ1) is 9.56. The third-order valence-electron chi connectivity index (χ3n) is 4.11. The van der Waals surface area contributed by atoms with Crippen LogP contribution in [0.25, 0.3) is 0 Å². The number of amides is 1. The van der Waals surface area contributed by atoms with Gasteiger partial charge in [0.1, 0.15) is 17.8 Å². The van der Waals surface area contributed by atoms with Crippen molar-refractivity contribution in [3.8, 4) is 0 Å². The summed E-state index contributed by atoms with van der Waals surface area (Å²) in [5, 5.41) is 3.09. The molecule has 2 fully saturated rings. The number of nitrogens with one attached hydrogen (secondary N) is 1. The van der Waals surface area contributed by atoms with Gasteiger partial charge in [-0.3, -0.25) is 10.1 Å². The van der Waals surface area contributed by atoms with Crippen molar-refractivity contribution in [2.24, 2.45) is 5.92 Å². The third kappa shape index (κ3) is 2.54. The molecule has 2 atom stereocenters. The molecule has 1 aromatic carbocycles. The quantitative estimate of drug-likeness (QED) is 0.919. The van der Waals surface area contributed by atoms with E-state index in [1.165, 1.54) is 25.0 Å². The van der Waals surface area contributed by atoms with Crippen LogP contribution in [0.5, 0.6) is 0 Å². The minimum absolute atomic E-state index is 0.0145. The molecule has 3 rings (SSSR count). The predicted octanol–water partition coefficient (Wildman–Crippen LogP) is 2.58. The van der Waals surface area contributed by atoms with E-state index in [2.05, 4.69) is 5.32 Å². The lowest BCUT2D eigenvalue weighted by molar-refractivity contribution is -0.129. The van der Waals surface area contributed by atoms with Crippen LogP contribution >= 0.6 is 0 Å². The second kappa shape index (κ2) is 5.13. The molecule has 2 unspecified atom stereocenters. The number of nitrogens with zero attached hydrogens (tertiary/aromatic N) is 1. The molecule has 1 saturated carbocycles. The average molecular weight is 280 g/mol. The Morgan fingerprint density at radius 3 is 2.75 bits per heavy atom. The third-order valence-corrected chi connectivity index (χ3v) is 4.11. The molecule has 20 heavy (non-hydrogen) atoms. The van der Waals surface area contributed by atoms with E-state index >= 15 is 0 Å². The first-order valence-electron chi connectivity index (χ1n) is 7.07. The van der Waals surface area contributed by atoms with Gasteiger partial charge in [-0.05, 0) is 31.4 Å². The summed E-state index contributed by atoms with van der Waals surface area (Å²) in [6, 6.07) is 3.18. The lowest BCUT2D eigenvalue weighted by Crippen LogP contribution is -2.32. The van der Waals surface area contributed by atoms with Crippen molar-refractivity contribution in [2.45, 2.75) is 38.4 Å². The Bertz CT molecular complexity index is 531. The van der Waals surface area contributed by atoms with Gasteiger partial charge in [0.25, 0.3) is 0 Å². The molecule has 1 saturated heterocycles. The molecule has 108 valence electrons. The molecule has 1 amide bonds. The lowest BCUT2D eigenvalue weighted by Gasteiger charge is -2.25. The molecular weight excluding hydrogens is 262 g/mol. The zero-order valence-electron chi connectivity index (χ0n) is 11.4. The van der Waals surface area contributed by atoms with Gasteiger partial charge in [-0.25, -0.2) is 8.78 Å². The molecule has 3 nitrogen and oxygen atoms in total. The lowest BCUT2D eigenvalue weighted by atomic mass is 10.1. The second-order valence-corrected chi connectivity index (χ2v) is 5.72. The normalized spacial score (nSPS) is 26.4. The van der Waals surface area contributed by atoms with Gasteiger partial charge >= 0.3 is 0 Å². The minimum Gasteiger partial charge on any atom is -0.321 e. The van der Waals surface area contributed by atoms with Crippen molar-refractivity contribution in [1.82, 2.24) is 10.2 Å². The van der Waals surface area contributed by atoms with Crippen LogP contribution < -0.4 is 5.32 Å². The van der Waals surface area contributed by atoms with E-state index in [0.29, 0.717) is 18.0 Å². The van der Waals surface area contributed by atoms with E-state index in [1.54, 1.807) is 11.8 Å². The van der Waals surface area contributed by atoms with Gasteiger partial charge in [-0.1, -0.05) is 12.8 Å². The maximum absolute atomic E-state index is 13.9. The van der Waals surface area contributed by atoms with Crippen LogP contribution in [0.15, 0.2) is 18.2 Å². The molecule has 5 heteroatoms. The Morgan fingerprint density at radius 2 is 2.10 bits per heavy atom. The largest absolute Gasteiger partial charge is 0.321 e. The first-order valence-corrected chi connectivity index (χ1v) is 7.07. The number of carbonyl (C=O) groups is 1. The van der Waals surface area contributed by atoms with Crippen LogP contribution in [0, 0.1) is 17.6 Å². The number of benzene rings is 1. The highest BCUT2D eigenvalue weighted by molar-refractivity contribution is 5.84. The summed E-state index contributed by atoms with van der Waals surface area (Å²) < 4.78 is 26.9. The second-order valence-electron chi connectivity index (χ2n) is 5.72. The van der Waals surface area contributed by atoms with Crippen LogP contribution in [-0.4, -0.2) is 23.4 Å². The maximum atomic E-state index is 13.9. The summed E-state index contributed by atoms with van der Waals surface area (Å²) in [6.07, 6.45) is 2.91. The fourth-order valence-corrected chi connectivity index (χ4v) is 2.72. The number of halogens is 2. The van der Waals surface area contributed by atoms with E-state index in [9.17, 15) is 13.6 Å². The van der Waals surface area contributed by atoms with Gasteiger partial charge < -0.3 is 4.90 Å². The Kier molecular flexibility index (Phi) is 3.46. The fraction of sp³-hybridized carbons (Fsp3) is 0.533. The minimum atomic E-state index is -0.610. The van der Waals surface area contributed by atoms with E-state index in [4.69, 9.17) is 0 Å². The maximum Gasteiger partial charge on any atom is 0.241 e. The summed E-state index contributed by atoms with van der Waals surface area (Å²) >= 11 is 0. The zero-order chi connectivity index (χ0) is 14.3. The topological polar surface area (TPSA) is 32.3 Å². The van der Waals surface area contributed by atoms with E-state index in [1.807, 2.05) is 0 Å². The Hall–Kier alpha value is -1.49. The van der Waals surface area contributed by atoms with Crippen LogP contribution in [0.4, 0.5) is 8.78 Å². The molecule has 0 aromatic heterocycles. The molecule has 1 aromatic rings. The predicted molar refractivity (Wildman–Crippen MR) is 70.8 cm³/mol. The summed E-state index contributed by atoms with van der Waals surface area (Å²) in [6.45, 7) is 2.40. The van der Waals surface area contributed by atoms with Crippen LogP contribution in [-0.2, 0) is 4.79 Å². The molecule has 1 aliphatic carbocycles. The highest BCUT2D eigenvalue weighted by atomic mass is 19.1.